The third-order valence-corrected chi connectivity index (χ3v) is 2.87. The SMILES string of the molecule is FC1c2ccccc2CC1Br. The molecule has 1 aliphatic rings. The quantitative estimate of drug-likeness (QED) is 0.583. The third kappa shape index (κ3) is 1.09. The van der Waals surface area contributed by atoms with Gasteiger partial charge in [0, 0.05) is 0 Å². The van der Waals surface area contributed by atoms with E-state index < -0.39 is 6.17 Å². The van der Waals surface area contributed by atoms with Crippen LogP contribution in [0, 0.1) is 0 Å². The highest BCUT2D eigenvalue weighted by atomic mass is 79.9. The molecule has 1 aliphatic carbocycles. The van der Waals surface area contributed by atoms with E-state index in [4.69, 9.17) is 0 Å². The fourth-order valence-corrected chi connectivity index (χ4v) is 2.13. The van der Waals surface area contributed by atoms with Gasteiger partial charge in [0.1, 0.15) is 6.17 Å². The summed E-state index contributed by atoms with van der Waals surface area (Å²) in [5, 5.41) is 0. The molecule has 2 atom stereocenters. The molecule has 0 heterocycles. The van der Waals surface area contributed by atoms with Crippen LogP contribution in [0.1, 0.15) is 17.3 Å². The minimum absolute atomic E-state index is 0.0140. The maximum absolute atomic E-state index is 13.3. The summed E-state index contributed by atoms with van der Waals surface area (Å²) in [4.78, 5) is -0.0140. The summed E-state index contributed by atoms with van der Waals surface area (Å²) in [6.07, 6.45) is 0.00310. The number of halogens is 2. The smallest absolute Gasteiger partial charge is 0.138 e. The molecular weight excluding hydrogens is 207 g/mol. The van der Waals surface area contributed by atoms with E-state index in [1.165, 1.54) is 0 Å². The molecule has 0 bridgehead atoms. The molecule has 0 radical (unpaired) electrons. The summed E-state index contributed by atoms with van der Waals surface area (Å²) >= 11 is 3.31. The molecule has 2 rings (SSSR count). The molecule has 0 fully saturated rings. The van der Waals surface area contributed by atoms with Gasteiger partial charge < -0.3 is 0 Å². The lowest BCUT2D eigenvalue weighted by atomic mass is 10.1. The van der Waals surface area contributed by atoms with Crippen LogP contribution >= 0.6 is 15.9 Å². The monoisotopic (exact) mass is 214 g/mol. The first-order valence-electron chi connectivity index (χ1n) is 3.65. The average Bonchev–Trinajstić information content (AvgIpc) is 2.30. The number of hydrogen-bond acceptors (Lipinski definition) is 0. The summed E-state index contributed by atoms with van der Waals surface area (Å²) in [6, 6.07) is 7.69. The Morgan fingerprint density at radius 1 is 1.36 bits per heavy atom. The van der Waals surface area contributed by atoms with Gasteiger partial charge in [0.15, 0.2) is 0 Å². The molecule has 2 heteroatoms. The summed E-state index contributed by atoms with van der Waals surface area (Å²) in [5.41, 5.74) is 2.00. The van der Waals surface area contributed by atoms with Crippen molar-refractivity contribution in [2.45, 2.75) is 17.4 Å². The maximum Gasteiger partial charge on any atom is 0.138 e. The zero-order valence-electron chi connectivity index (χ0n) is 5.93. The summed E-state index contributed by atoms with van der Waals surface area (Å²) < 4.78 is 13.3. The summed E-state index contributed by atoms with van der Waals surface area (Å²) in [5.74, 6) is 0. The van der Waals surface area contributed by atoms with Crippen LogP contribution in [0.2, 0.25) is 0 Å². The molecule has 1 aromatic carbocycles. The molecule has 2 unspecified atom stereocenters. The highest BCUT2D eigenvalue weighted by Crippen LogP contribution is 2.38. The lowest BCUT2D eigenvalue weighted by molar-refractivity contribution is 0.355. The molecule has 0 aliphatic heterocycles. The van der Waals surface area contributed by atoms with Crippen molar-refractivity contribution in [1.82, 2.24) is 0 Å². The average molecular weight is 215 g/mol. The number of rotatable bonds is 0. The van der Waals surface area contributed by atoms with E-state index in [1.54, 1.807) is 0 Å². The highest BCUT2D eigenvalue weighted by molar-refractivity contribution is 9.09. The van der Waals surface area contributed by atoms with E-state index in [1.807, 2.05) is 24.3 Å². The zero-order chi connectivity index (χ0) is 7.84. The Hall–Kier alpha value is -0.370. The van der Waals surface area contributed by atoms with Crippen molar-refractivity contribution in [2.24, 2.45) is 0 Å². The number of alkyl halides is 2. The van der Waals surface area contributed by atoms with Gasteiger partial charge in [-0.1, -0.05) is 40.2 Å². The minimum Gasteiger partial charge on any atom is -0.241 e. The van der Waals surface area contributed by atoms with Crippen molar-refractivity contribution in [2.75, 3.05) is 0 Å². The molecule has 1 aromatic rings. The van der Waals surface area contributed by atoms with Gasteiger partial charge in [0.2, 0.25) is 0 Å². The van der Waals surface area contributed by atoms with Gasteiger partial charge in [0.05, 0.1) is 4.83 Å². The van der Waals surface area contributed by atoms with E-state index in [0.717, 1.165) is 17.5 Å². The molecular formula is C9H8BrF. The Labute approximate surface area is 73.6 Å². The van der Waals surface area contributed by atoms with Crippen LogP contribution in [0.5, 0.6) is 0 Å². The van der Waals surface area contributed by atoms with E-state index >= 15 is 0 Å². The van der Waals surface area contributed by atoms with Gasteiger partial charge in [-0.2, -0.15) is 0 Å². The molecule has 0 amide bonds. The summed E-state index contributed by atoms with van der Waals surface area (Å²) in [6.45, 7) is 0. The van der Waals surface area contributed by atoms with Gasteiger partial charge in [-0.25, -0.2) is 4.39 Å². The fourth-order valence-electron chi connectivity index (χ4n) is 1.50. The highest BCUT2D eigenvalue weighted by Gasteiger charge is 2.29. The van der Waals surface area contributed by atoms with Crippen molar-refractivity contribution in [3.8, 4) is 0 Å². The third-order valence-electron chi connectivity index (χ3n) is 2.08. The normalized spacial score (nSPS) is 28.5. The number of fused-ring (bicyclic) bond motifs is 1. The molecule has 11 heavy (non-hydrogen) atoms. The van der Waals surface area contributed by atoms with Gasteiger partial charge in [0.25, 0.3) is 0 Å². The molecule has 0 saturated carbocycles. The Kier molecular flexibility index (Phi) is 1.72. The Bertz CT molecular complexity index is 272. The Morgan fingerprint density at radius 2 is 2.09 bits per heavy atom. The predicted octanol–water partition coefficient (Wildman–Crippen LogP) is 3.02. The van der Waals surface area contributed by atoms with E-state index in [2.05, 4.69) is 15.9 Å². The van der Waals surface area contributed by atoms with Crippen molar-refractivity contribution in [3.63, 3.8) is 0 Å². The predicted molar refractivity (Wildman–Crippen MR) is 46.7 cm³/mol. The minimum atomic E-state index is -0.814. The van der Waals surface area contributed by atoms with Crippen LogP contribution in [0.3, 0.4) is 0 Å². The first-order valence-corrected chi connectivity index (χ1v) is 4.56. The van der Waals surface area contributed by atoms with Crippen LogP contribution in [0.15, 0.2) is 24.3 Å². The van der Waals surface area contributed by atoms with Crippen molar-refractivity contribution >= 4 is 15.9 Å². The second kappa shape index (κ2) is 2.59. The van der Waals surface area contributed by atoms with Gasteiger partial charge in [-0.05, 0) is 17.5 Å². The van der Waals surface area contributed by atoms with Crippen LogP contribution < -0.4 is 0 Å². The first-order chi connectivity index (χ1) is 5.29. The second-order valence-corrected chi connectivity index (χ2v) is 4.00. The van der Waals surface area contributed by atoms with Crippen LogP contribution in [0.4, 0.5) is 4.39 Å². The second-order valence-electron chi connectivity index (χ2n) is 2.82. The summed E-state index contributed by atoms with van der Waals surface area (Å²) in [7, 11) is 0. The lowest BCUT2D eigenvalue weighted by Crippen LogP contribution is -1.98. The topological polar surface area (TPSA) is 0 Å². The zero-order valence-corrected chi connectivity index (χ0v) is 7.51. The molecule has 0 N–H and O–H groups in total. The fraction of sp³-hybridized carbons (Fsp3) is 0.333. The van der Waals surface area contributed by atoms with Crippen molar-refractivity contribution in [3.05, 3.63) is 35.4 Å². The van der Waals surface area contributed by atoms with Gasteiger partial charge >= 0.3 is 0 Å². The molecule has 58 valence electrons. The van der Waals surface area contributed by atoms with E-state index in [0.29, 0.717) is 0 Å². The molecule has 0 aromatic heterocycles. The Morgan fingerprint density at radius 3 is 2.82 bits per heavy atom. The van der Waals surface area contributed by atoms with Crippen LogP contribution in [0.25, 0.3) is 0 Å². The van der Waals surface area contributed by atoms with Crippen LogP contribution in [-0.2, 0) is 6.42 Å². The first kappa shape index (κ1) is 7.29. The van der Waals surface area contributed by atoms with Crippen LogP contribution in [-0.4, -0.2) is 4.83 Å². The standard InChI is InChI=1S/C9H8BrF/c10-8-5-6-3-1-2-4-7(6)9(8)11/h1-4,8-9H,5H2. The maximum atomic E-state index is 13.3. The molecule has 0 saturated heterocycles. The molecule has 0 nitrogen and oxygen atoms in total. The van der Waals surface area contributed by atoms with Gasteiger partial charge in [-0.15, -0.1) is 0 Å². The van der Waals surface area contributed by atoms with Crippen molar-refractivity contribution < 1.29 is 4.39 Å². The van der Waals surface area contributed by atoms with E-state index in [9.17, 15) is 4.39 Å². The molecule has 0 spiro atoms. The number of hydrogen-bond donors (Lipinski definition) is 0. The largest absolute Gasteiger partial charge is 0.241 e. The van der Waals surface area contributed by atoms with Gasteiger partial charge in [-0.3, -0.25) is 0 Å². The Balaban J connectivity index is 2.47. The van der Waals surface area contributed by atoms with Crippen molar-refractivity contribution in [1.29, 1.82) is 0 Å². The van der Waals surface area contributed by atoms with E-state index in [-0.39, 0.29) is 4.83 Å². The lowest BCUT2D eigenvalue weighted by Gasteiger charge is -2.02. The number of benzene rings is 1.